The van der Waals surface area contributed by atoms with E-state index in [1.54, 1.807) is 11.3 Å². The molecule has 0 aliphatic rings. The van der Waals surface area contributed by atoms with E-state index < -0.39 is 0 Å². The maximum atomic E-state index is 5.85. The quantitative estimate of drug-likeness (QED) is 0.716. The number of para-hydroxylation sites is 1. The lowest BCUT2D eigenvalue weighted by atomic mass is 10.3. The molecule has 0 spiro atoms. The van der Waals surface area contributed by atoms with Gasteiger partial charge in [-0.15, -0.1) is 11.3 Å². The molecule has 1 aromatic carbocycles. The van der Waals surface area contributed by atoms with Crippen LogP contribution in [0.2, 0.25) is 0 Å². The van der Waals surface area contributed by atoms with Crippen LogP contribution in [0.1, 0.15) is 23.7 Å². The monoisotopic (exact) mass is 274 g/mol. The van der Waals surface area contributed by atoms with Crippen LogP contribution in [-0.4, -0.2) is 9.97 Å². The third-order valence-electron chi connectivity index (χ3n) is 2.80. The number of hydrogen-bond donors (Lipinski definition) is 2. The Kier molecular flexibility index (Phi) is 2.87. The Labute approximate surface area is 114 Å². The second-order valence-electron chi connectivity index (χ2n) is 4.41. The molecule has 0 radical (unpaired) electrons. The number of benzene rings is 1. The number of fused-ring (bicyclic) bond motifs is 1. The fourth-order valence-corrected chi connectivity index (χ4v) is 2.65. The van der Waals surface area contributed by atoms with Crippen LogP contribution >= 0.6 is 11.3 Å². The fourth-order valence-electron chi connectivity index (χ4n) is 1.85. The van der Waals surface area contributed by atoms with Gasteiger partial charge in [0.25, 0.3) is 6.01 Å². The van der Waals surface area contributed by atoms with E-state index in [0.29, 0.717) is 22.8 Å². The van der Waals surface area contributed by atoms with Crippen LogP contribution in [0.3, 0.4) is 0 Å². The molecule has 0 saturated heterocycles. The zero-order chi connectivity index (χ0) is 13.4. The number of anilines is 2. The zero-order valence-corrected chi connectivity index (χ0v) is 11.5. The number of nitrogens with two attached hydrogens (primary N) is 1. The number of oxazole rings is 1. The van der Waals surface area contributed by atoms with Gasteiger partial charge in [-0.05, 0) is 26.0 Å². The largest absolute Gasteiger partial charge is 0.423 e. The summed E-state index contributed by atoms with van der Waals surface area (Å²) in [7, 11) is 0. The van der Waals surface area contributed by atoms with Gasteiger partial charge in [-0.25, -0.2) is 4.98 Å². The minimum atomic E-state index is 0.0491. The Bertz CT molecular complexity index is 718. The van der Waals surface area contributed by atoms with E-state index in [1.165, 1.54) is 0 Å². The molecule has 3 N–H and O–H groups in total. The van der Waals surface area contributed by atoms with Gasteiger partial charge >= 0.3 is 0 Å². The summed E-state index contributed by atoms with van der Waals surface area (Å²) in [6.45, 7) is 4.00. The van der Waals surface area contributed by atoms with Crippen molar-refractivity contribution < 1.29 is 4.42 Å². The average molecular weight is 274 g/mol. The molecule has 2 heterocycles. The normalized spacial score (nSPS) is 12.7. The summed E-state index contributed by atoms with van der Waals surface area (Å²) in [5.41, 5.74) is 8.87. The molecule has 3 aromatic rings. The van der Waals surface area contributed by atoms with E-state index in [-0.39, 0.29) is 6.04 Å². The average Bonchev–Trinajstić information content (AvgIpc) is 2.96. The smallest absolute Gasteiger partial charge is 0.296 e. The van der Waals surface area contributed by atoms with Crippen molar-refractivity contribution in [3.05, 3.63) is 34.3 Å². The molecule has 0 saturated carbocycles. The standard InChI is InChI=1S/C13H14N4OS/c1-7-6-19-12(15-7)8(2)16-13-17-11-9(14)4-3-5-10(11)18-13/h3-6,8H,14H2,1-2H3,(H,16,17). The molecule has 0 amide bonds. The van der Waals surface area contributed by atoms with Gasteiger partial charge in [-0.2, -0.15) is 4.98 Å². The van der Waals surface area contributed by atoms with E-state index in [9.17, 15) is 0 Å². The SMILES string of the molecule is Cc1csc(C(C)Nc2nc3c(N)cccc3o2)n1. The Morgan fingerprint density at radius 2 is 2.21 bits per heavy atom. The van der Waals surface area contributed by atoms with Crippen LogP contribution in [0, 0.1) is 6.92 Å². The Morgan fingerprint density at radius 1 is 1.37 bits per heavy atom. The van der Waals surface area contributed by atoms with Crippen molar-refractivity contribution in [2.24, 2.45) is 0 Å². The van der Waals surface area contributed by atoms with Gasteiger partial charge in [0.15, 0.2) is 5.58 Å². The Balaban J connectivity index is 1.87. The summed E-state index contributed by atoms with van der Waals surface area (Å²) >= 11 is 1.62. The predicted octanol–water partition coefficient (Wildman–Crippen LogP) is 3.35. The molecule has 2 aromatic heterocycles. The molecule has 3 rings (SSSR count). The number of nitrogen functional groups attached to an aromatic ring is 1. The minimum absolute atomic E-state index is 0.0491. The van der Waals surface area contributed by atoms with Gasteiger partial charge in [0, 0.05) is 11.1 Å². The molecular weight excluding hydrogens is 260 g/mol. The summed E-state index contributed by atoms with van der Waals surface area (Å²) in [4.78, 5) is 8.80. The van der Waals surface area contributed by atoms with Crippen molar-refractivity contribution in [1.82, 2.24) is 9.97 Å². The third-order valence-corrected chi connectivity index (χ3v) is 3.94. The summed E-state index contributed by atoms with van der Waals surface area (Å²) < 4.78 is 5.62. The highest BCUT2D eigenvalue weighted by atomic mass is 32.1. The van der Waals surface area contributed by atoms with Crippen molar-refractivity contribution in [3.63, 3.8) is 0 Å². The lowest BCUT2D eigenvalue weighted by Crippen LogP contribution is -2.06. The van der Waals surface area contributed by atoms with E-state index in [2.05, 4.69) is 15.3 Å². The van der Waals surface area contributed by atoms with Gasteiger partial charge in [-0.3, -0.25) is 0 Å². The van der Waals surface area contributed by atoms with E-state index in [4.69, 9.17) is 10.2 Å². The molecule has 19 heavy (non-hydrogen) atoms. The number of aryl methyl sites for hydroxylation is 1. The van der Waals surface area contributed by atoms with Crippen LogP contribution in [0.5, 0.6) is 0 Å². The number of rotatable bonds is 3. The first-order valence-electron chi connectivity index (χ1n) is 5.97. The maximum absolute atomic E-state index is 5.85. The molecule has 5 nitrogen and oxygen atoms in total. The number of nitrogens with zero attached hydrogens (tertiary/aromatic N) is 2. The summed E-state index contributed by atoms with van der Waals surface area (Å²) in [5.74, 6) is 0. The van der Waals surface area contributed by atoms with Crippen molar-refractivity contribution in [2.75, 3.05) is 11.1 Å². The molecule has 0 bridgehead atoms. The lowest BCUT2D eigenvalue weighted by Gasteiger charge is -2.07. The van der Waals surface area contributed by atoms with Crippen LogP contribution in [-0.2, 0) is 0 Å². The van der Waals surface area contributed by atoms with Crippen molar-refractivity contribution in [2.45, 2.75) is 19.9 Å². The number of aromatic nitrogens is 2. The molecule has 1 atom stereocenters. The van der Waals surface area contributed by atoms with Gasteiger partial charge in [0.2, 0.25) is 0 Å². The number of hydrogen-bond acceptors (Lipinski definition) is 6. The van der Waals surface area contributed by atoms with E-state index >= 15 is 0 Å². The highest BCUT2D eigenvalue weighted by Crippen LogP contribution is 2.27. The van der Waals surface area contributed by atoms with E-state index in [1.807, 2.05) is 37.4 Å². The second-order valence-corrected chi connectivity index (χ2v) is 5.30. The fraction of sp³-hybridized carbons (Fsp3) is 0.231. The summed E-state index contributed by atoms with van der Waals surface area (Å²) in [6.07, 6.45) is 0. The van der Waals surface area contributed by atoms with Gasteiger partial charge < -0.3 is 15.5 Å². The molecule has 0 aliphatic carbocycles. The topological polar surface area (TPSA) is 77.0 Å². The molecule has 6 heteroatoms. The first kappa shape index (κ1) is 12.0. The first-order chi connectivity index (χ1) is 9.13. The zero-order valence-electron chi connectivity index (χ0n) is 10.7. The lowest BCUT2D eigenvalue weighted by molar-refractivity contribution is 0.603. The highest BCUT2D eigenvalue weighted by Gasteiger charge is 2.13. The first-order valence-corrected chi connectivity index (χ1v) is 6.85. The number of thiazole rings is 1. The molecule has 1 unspecified atom stereocenters. The van der Waals surface area contributed by atoms with Crippen molar-refractivity contribution >= 4 is 34.1 Å². The second kappa shape index (κ2) is 4.55. The molecule has 0 fully saturated rings. The summed E-state index contributed by atoms with van der Waals surface area (Å²) in [5, 5.41) is 6.24. The van der Waals surface area contributed by atoms with Gasteiger partial charge in [0.1, 0.15) is 10.5 Å². The molecule has 0 aliphatic heterocycles. The van der Waals surface area contributed by atoms with Crippen LogP contribution < -0.4 is 11.1 Å². The van der Waals surface area contributed by atoms with Gasteiger partial charge in [-0.1, -0.05) is 6.07 Å². The Hall–Kier alpha value is -2.08. The van der Waals surface area contributed by atoms with Crippen molar-refractivity contribution in [3.8, 4) is 0 Å². The van der Waals surface area contributed by atoms with Crippen LogP contribution in [0.25, 0.3) is 11.1 Å². The van der Waals surface area contributed by atoms with Gasteiger partial charge in [0.05, 0.1) is 11.7 Å². The maximum Gasteiger partial charge on any atom is 0.296 e. The van der Waals surface area contributed by atoms with Crippen LogP contribution in [0.15, 0.2) is 28.0 Å². The third kappa shape index (κ3) is 2.26. The van der Waals surface area contributed by atoms with E-state index in [0.717, 1.165) is 10.7 Å². The highest BCUT2D eigenvalue weighted by molar-refractivity contribution is 7.09. The molecule has 98 valence electrons. The molecular formula is C13H14N4OS. The number of nitrogens with one attached hydrogen (secondary N) is 1. The predicted molar refractivity (Wildman–Crippen MR) is 77.3 cm³/mol. The minimum Gasteiger partial charge on any atom is -0.423 e. The van der Waals surface area contributed by atoms with Crippen LogP contribution in [0.4, 0.5) is 11.7 Å². The Morgan fingerprint density at radius 3 is 2.89 bits per heavy atom. The summed E-state index contributed by atoms with van der Waals surface area (Å²) in [6, 6.07) is 6.02. The van der Waals surface area contributed by atoms with Crippen molar-refractivity contribution in [1.29, 1.82) is 0 Å².